The lowest BCUT2D eigenvalue weighted by Crippen LogP contribution is -2.23. The minimum Gasteiger partial charge on any atom is -0.379 e. The third-order valence-corrected chi connectivity index (χ3v) is 4.01. The molecule has 18 heavy (non-hydrogen) atoms. The topological polar surface area (TPSA) is 57.0 Å². The number of hydrogen-bond acceptors (Lipinski definition) is 5. The first-order valence-electron chi connectivity index (χ1n) is 6.15. The molecule has 1 aliphatic rings. The molecule has 0 unspecified atom stereocenters. The van der Waals surface area contributed by atoms with E-state index in [4.69, 9.17) is 4.74 Å². The average Bonchev–Trinajstić information content (AvgIpc) is 3.11. The van der Waals surface area contributed by atoms with Crippen molar-refractivity contribution in [2.45, 2.75) is 26.3 Å². The summed E-state index contributed by atoms with van der Waals surface area (Å²) in [5.74, 6) is 0.755. The molecule has 0 aliphatic heterocycles. The molecular weight excluding hydrogens is 250 g/mol. The fraction of sp³-hybridized carbons (Fsp3) is 0.583. The minimum atomic E-state index is -0.0127. The summed E-state index contributed by atoms with van der Waals surface area (Å²) < 4.78 is 11.3. The van der Waals surface area contributed by atoms with Crippen LogP contribution in [0.2, 0.25) is 0 Å². The summed E-state index contributed by atoms with van der Waals surface area (Å²) in [7, 11) is 0. The Morgan fingerprint density at radius 1 is 1.56 bits per heavy atom. The van der Waals surface area contributed by atoms with Gasteiger partial charge in [-0.15, -0.1) is 0 Å². The van der Waals surface area contributed by atoms with Gasteiger partial charge in [0.1, 0.15) is 0 Å². The lowest BCUT2D eigenvalue weighted by molar-refractivity contribution is 0.116. The Balaban J connectivity index is 1.72. The van der Waals surface area contributed by atoms with Crippen LogP contribution in [-0.4, -0.2) is 27.1 Å². The minimum absolute atomic E-state index is 0.0127. The zero-order valence-corrected chi connectivity index (χ0v) is 11.1. The maximum Gasteiger partial charge on any atom is 0.264 e. The number of aryl methyl sites for hydroxylation is 1. The first-order chi connectivity index (χ1) is 8.75. The van der Waals surface area contributed by atoms with Crippen molar-refractivity contribution in [3.05, 3.63) is 22.4 Å². The molecule has 0 atom stereocenters. The van der Waals surface area contributed by atoms with Crippen LogP contribution in [0.1, 0.15) is 18.5 Å². The van der Waals surface area contributed by atoms with Crippen molar-refractivity contribution < 1.29 is 4.74 Å². The van der Waals surface area contributed by atoms with Gasteiger partial charge < -0.3 is 4.74 Å². The van der Waals surface area contributed by atoms with Crippen LogP contribution in [0.25, 0.3) is 10.2 Å². The Morgan fingerprint density at radius 2 is 2.39 bits per heavy atom. The van der Waals surface area contributed by atoms with Gasteiger partial charge in [-0.3, -0.25) is 9.36 Å². The van der Waals surface area contributed by atoms with Gasteiger partial charge in [0.15, 0.2) is 4.83 Å². The van der Waals surface area contributed by atoms with Gasteiger partial charge in [-0.05, 0) is 37.2 Å². The smallest absolute Gasteiger partial charge is 0.264 e. The number of hydrogen-bond donors (Lipinski definition) is 0. The molecule has 1 saturated carbocycles. The van der Waals surface area contributed by atoms with Crippen LogP contribution in [0.5, 0.6) is 0 Å². The van der Waals surface area contributed by atoms with E-state index in [-0.39, 0.29) is 5.56 Å². The van der Waals surface area contributed by atoms with Crippen molar-refractivity contribution in [3.8, 4) is 0 Å². The van der Waals surface area contributed by atoms with Gasteiger partial charge in [-0.1, -0.05) is 0 Å². The molecule has 6 heteroatoms. The van der Waals surface area contributed by atoms with E-state index in [9.17, 15) is 4.79 Å². The highest BCUT2D eigenvalue weighted by Gasteiger charge is 2.21. The Hall–Kier alpha value is -1.27. The fourth-order valence-corrected chi connectivity index (χ4v) is 2.60. The molecule has 3 rings (SSSR count). The molecule has 1 fully saturated rings. The Morgan fingerprint density at radius 3 is 3.17 bits per heavy atom. The van der Waals surface area contributed by atoms with Crippen molar-refractivity contribution >= 4 is 21.7 Å². The van der Waals surface area contributed by atoms with Crippen LogP contribution in [0, 0.1) is 12.8 Å². The van der Waals surface area contributed by atoms with Crippen LogP contribution < -0.4 is 5.56 Å². The van der Waals surface area contributed by atoms with Crippen molar-refractivity contribution in [1.29, 1.82) is 0 Å². The molecule has 0 bridgehead atoms. The molecule has 0 spiro atoms. The molecule has 0 aromatic carbocycles. The molecule has 96 valence electrons. The second-order valence-electron chi connectivity index (χ2n) is 4.71. The second kappa shape index (κ2) is 4.78. The monoisotopic (exact) mass is 265 g/mol. The Kier molecular flexibility index (Phi) is 3.13. The quantitative estimate of drug-likeness (QED) is 0.770. The summed E-state index contributed by atoms with van der Waals surface area (Å²) in [5.41, 5.74) is 0.752. The van der Waals surface area contributed by atoms with Gasteiger partial charge in [-0.2, -0.15) is 4.37 Å². The van der Waals surface area contributed by atoms with E-state index >= 15 is 0 Å². The molecule has 0 N–H and O–H groups in total. The summed E-state index contributed by atoms with van der Waals surface area (Å²) in [5, 5.41) is 0.643. The van der Waals surface area contributed by atoms with Crippen LogP contribution in [0.3, 0.4) is 0 Å². The maximum atomic E-state index is 12.2. The van der Waals surface area contributed by atoms with Crippen LogP contribution in [0.15, 0.2) is 11.1 Å². The summed E-state index contributed by atoms with van der Waals surface area (Å²) >= 11 is 1.27. The predicted molar refractivity (Wildman–Crippen MR) is 70.0 cm³/mol. The highest BCUT2D eigenvalue weighted by Crippen LogP contribution is 2.28. The first kappa shape index (κ1) is 11.8. The molecule has 2 aromatic heterocycles. The van der Waals surface area contributed by atoms with E-state index in [0.29, 0.717) is 23.4 Å². The van der Waals surface area contributed by atoms with E-state index in [1.165, 1.54) is 24.4 Å². The lowest BCUT2D eigenvalue weighted by atomic mass is 10.3. The molecule has 0 amide bonds. The zero-order valence-electron chi connectivity index (χ0n) is 10.3. The summed E-state index contributed by atoms with van der Waals surface area (Å²) in [6.45, 7) is 3.79. The largest absolute Gasteiger partial charge is 0.379 e. The predicted octanol–water partition coefficient (Wildman–Crippen LogP) is 1.59. The van der Waals surface area contributed by atoms with Crippen molar-refractivity contribution in [2.24, 2.45) is 5.92 Å². The maximum absolute atomic E-state index is 12.2. The molecular formula is C12H15N3O2S. The lowest BCUT2D eigenvalue weighted by Gasteiger charge is -2.06. The standard InChI is InChI=1S/C12H15N3O2S/c1-8-10-11(18-14-8)13-7-15(12(10)16)4-5-17-6-9-2-3-9/h7,9H,2-6H2,1H3. The molecule has 5 nitrogen and oxygen atoms in total. The van der Waals surface area contributed by atoms with E-state index < -0.39 is 0 Å². The fourth-order valence-electron chi connectivity index (χ4n) is 1.87. The van der Waals surface area contributed by atoms with E-state index in [2.05, 4.69) is 9.36 Å². The van der Waals surface area contributed by atoms with E-state index in [1.807, 2.05) is 6.92 Å². The zero-order chi connectivity index (χ0) is 12.5. The summed E-state index contributed by atoms with van der Waals surface area (Å²) in [6, 6.07) is 0. The van der Waals surface area contributed by atoms with Crippen LogP contribution in [0.4, 0.5) is 0 Å². The summed E-state index contributed by atoms with van der Waals surface area (Å²) in [6.07, 6.45) is 4.16. The molecule has 0 radical (unpaired) electrons. The van der Waals surface area contributed by atoms with Gasteiger partial charge in [0.25, 0.3) is 5.56 Å². The number of aromatic nitrogens is 3. The molecule has 2 heterocycles. The van der Waals surface area contributed by atoms with Gasteiger partial charge in [0.2, 0.25) is 0 Å². The number of ether oxygens (including phenoxy) is 1. The third-order valence-electron chi connectivity index (χ3n) is 3.16. The first-order valence-corrected chi connectivity index (χ1v) is 6.92. The molecule has 0 saturated heterocycles. The third kappa shape index (κ3) is 2.30. The van der Waals surface area contributed by atoms with Crippen molar-refractivity contribution in [1.82, 2.24) is 13.9 Å². The average molecular weight is 265 g/mol. The highest BCUT2D eigenvalue weighted by molar-refractivity contribution is 7.12. The van der Waals surface area contributed by atoms with Crippen molar-refractivity contribution in [2.75, 3.05) is 13.2 Å². The van der Waals surface area contributed by atoms with Gasteiger partial charge >= 0.3 is 0 Å². The van der Waals surface area contributed by atoms with Crippen LogP contribution >= 0.6 is 11.5 Å². The summed E-state index contributed by atoms with van der Waals surface area (Å²) in [4.78, 5) is 17.2. The van der Waals surface area contributed by atoms with E-state index in [1.54, 1.807) is 10.9 Å². The van der Waals surface area contributed by atoms with Crippen LogP contribution in [-0.2, 0) is 11.3 Å². The Labute approximate surface area is 109 Å². The van der Waals surface area contributed by atoms with E-state index in [0.717, 1.165) is 18.2 Å². The number of rotatable bonds is 5. The highest BCUT2D eigenvalue weighted by atomic mass is 32.1. The number of nitrogens with zero attached hydrogens (tertiary/aromatic N) is 3. The second-order valence-corrected chi connectivity index (χ2v) is 5.46. The normalized spacial score (nSPS) is 15.4. The van der Waals surface area contributed by atoms with Gasteiger partial charge in [0.05, 0.1) is 30.6 Å². The number of fused-ring (bicyclic) bond motifs is 1. The van der Waals surface area contributed by atoms with Gasteiger partial charge in [0, 0.05) is 6.61 Å². The molecule has 2 aromatic rings. The van der Waals surface area contributed by atoms with Crippen molar-refractivity contribution in [3.63, 3.8) is 0 Å². The molecule has 1 aliphatic carbocycles. The van der Waals surface area contributed by atoms with Gasteiger partial charge in [-0.25, -0.2) is 4.98 Å². The SMILES string of the molecule is Cc1nsc2ncn(CCOCC3CC3)c(=O)c12. The Bertz CT molecular complexity index is 615.